The molecule has 0 atom stereocenters. The summed E-state index contributed by atoms with van der Waals surface area (Å²) in [5.74, 6) is 0. The van der Waals surface area contributed by atoms with Gasteiger partial charge in [0.05, 0.1) is 33.5 Å². The molecule has 56 heavy (non-hydrogen) atoms. The number of fused-ring (bicyclic) bond motifs is 6. The predicted octanol–water partition coefficient (Wildman–Crippen LogP) is 13.9. The van der Waals surface area contributed by atoms with Crippen LogP contribution in [0, 0.1) is 0 Å². The number of aromatic nitrogens is 3. The van der Waals surface area contributed by atoms with E-state index in [4.69, 9.17) is 4.98 Å². The fourth-order valence-electron chi connectivity index (χ4n) is 8.49. The molecule has 11 aromatic rings. The van der Waals surface area contributed by atoms with Crippen molar-refractivity contribution in [1.82, 2.24) is 14.1 Å². The summed E-state index contributed by atoms with van der Waals surface area (Å²) in [5, 5.41) is 5.00. The normalized spacial score (nSPS) is 11.6. The van der Waals surface area contributed by atoms with Crippen LogP contribution in [-0.2, 0) is 0 Å². The lowest BCUT2D eigenvalue weighted by atomic mass is 9.98. The van der Waals surface area contributed by atoms with Gasteiger partial charge in [0.15, 0.2) is 0 Å². The van der Waals surface area contributed by atoms with Crippen molar-refractivity contribution in [2.24, 2.45) is 0 Å². The lowest BCUT2D eigenvalue weighted by Crippen LogP contribution is -1.96. The molecule has 0 unspecified atom stereocenters. The Balaban J connectivity index is 1.09. The van der Waals surface area contributed by atoms with Crippen LogP contribution >= 0.6 is 0 Å². The Morgan fingerprint density at radius 2 is 0.625 bits per heavy atom. The quantitative estimate of drug-likeness (QED) is 0.168. The number of benzene rings is 8. The average Bonchev–Trinajstić information content (AvgIpc) is 3.80. The van der Waals surface area contributed by atoms with E-state index in [0.29, 0.717) is 0 Å². The molecule has 0 spiro atoms. The molecule has 0 fully saturated rings. The number of hydrogen-bond donors (Lipinski definition) is 0. The van der Waals surface area contributed by atoms with Crippen LogP contribution in [0.4, 0.5) is 0 Å². The monoisotopic (exact) mass is 713 g/mol. The summed E-state index contributed by atoms with van der Waals surface area (Å²) in [6, 6.07) is 76.2. The van der Waals surface area contributed by atoms with Crippen LogP contribution in [0.1, 0.15) is 0 Å². The van der Waals surface area contributed by atoms with Gasteiger partial charge >= 0.3 is 0 Å². The van der Waals surface area contributed by atoms with Crippen LogP contribution in [0.5, 0.6) is 0 Å². The van der Waals surface area contributed by atoms with Crippen molar-refractivity contribution >= 4 is 43.6 Å². The first kappa shape index (κ1) is 32.0. The molecule has 3 nitrogen and oxygen atoms in total. The van der Waals surface area contributed by atoms with Crippen LogP contribution in [0.25, 0.3) is 99.8 Å². The van der Waals surface area contributed by atoms with E-state index >= 15 is 0 Å². The van der Waals surface area contributed by atoms with Gasteiger partial charge in [-0.15, -0.1) is 0 Å². The zero-order valence-electron chi connectivity index (χ0n) is 30.5. The first-order valence-electron chi connectivity index (χ1n) is 19.1. The minimum absolute atomic E-state index is 0.925. The Morgan fingerprint density at radius 3 is 1.14 bits per heavy atom. The minimum Gasteiger partial charge on any atom is -0.309 e. The number of nitrogens with zero attached hydrogens (tertiary/aromatic N) is 3. The van der Waals surface area contributed by atoms with E-state index in [0.717, 1.165) is 45.0 Å². The van der Waals surface area contributed by atoms with E-state index in [1.54, 1.807) is 0 Å². The van der Waals surface area contributed by atoms with Crippen molar-refractivity contribution in [3.63, 3.8) is 0 Å². The van der Waals surface area contributed by atoms with Gasteiger partial charge < -0.3 is 9.13 Å². The van der Waals surface area contributed by atoms with E-state index in [-0.39, 0.29) is 0 Å². The van der Waals surface area contributed by atoms with Crippen molar-refractivity contribution in [1.29, 1.82) is 0 Å². The van der Waals surface area contributed by atoms with Crippen molar-refractivity contribution in [3.05, 3.63) is 212 Å². The van der Waals surface area contributed by atoms with Crippen LogP contribution < -0.4 is 0 Å². The summed E-state index contributed by atoms with van der Waals surface area (Å²) >= 11 is 0. The second kappa shape index (κ2) is 13.1. The van der Waals surface area contributed by atoms with Crippen LogP contribution in [0.15, 0.2) is 212 Å². The second-order valence-electron chi connectivity index (χ2n) is 14.4. The van der Waals surface area contributed by atoms with Gasteiger partial charge in [-0.2, -0.15) is 0 Å². The van der Waals surface area contributed by atoms with E-state index < -0.39 is 0 Å². The van der Waals surface area contributed by atoms with Gasteiger partial charge in [0.2, 0.25) is 0 Å². The number of para-hydroxylation sites is 4. The summed E-state index contributed by atoms with van der Waals surface area (Å²) in [6.45, 7) is 0. The molecule has 0 N–H and O–H groups in total. The van der Waals surface area contributed by atoms with Gasteiger partial charge in [0, 0.05) is 44.0 Å². The molecular formula is C53H35N3. The van der Waals surface area contributed by atoms with Crippen molar-refractivity contribution in [2.45, 2.75) is 0 Å². The summed E-state index contributed by atoms with van der Waals surface area (Å²) < 4.78 is 4.76. The number of hydrogen-bond acceptors (Lipinski definition) is 1. The van der Waals surface area contributed by atoms with E-state index in [2.05, 4.69) is 221 Å². The Kier molecular flexibility index (Phi) is 7.49. The summed E-state index contributed by atoms with van der Waals surface area (Å²) in [6.07, 6.45) is 0. The molecule has 0 radical (unpaired) electrons. The van der Waals surface area contributed by atoms with Gasteiger partial charge in [-0.1, -0.05) is 152 Å². The molecule has 0 aliphatic rings. The molecule has 8 aromatic carbocycles. The van der Waals surface area contributed by atoms with Crippen molar-refractivity contribution in [3.8, 4) is 56.1 Å². The van der Waals surface area contributed by atoms with Gasteiger partial charge in [0.1, 0.15) is 0 Å². The van der Waals surface area contributed by atoms with E-state index in [9.17, 15) is 0 Å². The Bertz CT molecular complexity index is 2960. The molecular weight excluding hydrogens is 679 g/mol. The van der Waals surface area contributed by atoms with E-state index in [1.165, 1.54) is 54.7 Å². The highest BCUT2D eigenvalue weighted by Crippen LogP contribution is 2.37. The zero-order valence-corrected chi connectivity index (χ0v) is 30.5. The Labute approximate surface area is 325 Å². The van der Waals surface area contributed by atoms with Gasteiger partial charge in [-0.05, 0) is 82.9 Å². The molecule has 0 saturated heterocycles. The maximum atomic E-state index is 5.39. The van der Waals surface area contributed by atoms with Crippen molar-refractivity contribution < 1.29 is 0 Å². The molecule has 0 aliphatic heterocycles. The summed E-state index contributed by atoms with van der Waals surface area (Å²) in [5.41, 5.74) is 15.6. The second-order valence-corrected chi connectivity index (χ2v) is 14.4. The summed E-state index contributed by atoms with van der Waals surface area (Å²) in [4.78, 5) is 5.39. The van der Waals surface area contributed by atoms with Crippen LogP contribution in [-0.4, -0.2) is 14.1 Å². The third-order valence-corrected chi connectivity index (χ3v) is 11.1. The fraction of sp³-hybridized carbons (Fsp3) is 0. The van der Waals surface area contributed by atoms with Crippen LogP contribution in [0.2, 0.25) is 0 Å². The highest BCUT2D eigenvalue weighted by Gasteiger charge is 2.16. The zero-order chi connectivity index (χ0) is 37.0. The lowest BCUT2D eigenvalue weighted by molar-refractivity contribution is 1.18. The van der Waals surface area contributed by atoms with Gasteiger partial charge in [-0.25, -0.2) is 4.98 Å². The smallest absolute Gasteiger partial charge is 0.0716 e. The minimum atomic E-state index is 0.925. The molecule has 0 amide bonds. The van der Waals surface area contributed by atoms with Gasteiger partial charge in [0.25, 0.3) is 0 Å². The maximum absolute atomic E-state index is 5.39. The van der Waals surface area contributed by atoms with E-state index in [1.807, 2.05) is 0 Å². The number of pyridine rings is 1. The van der Waals surface area contributed by atoms with Crippen molar-refractivity contribution in [2.75, 3.05) is 0 Å². The largest absolute Gasteiger partial charge is 0.309 e. The third-order valence-electron chi connectivity index (χ3n) is 11.1. The number of rotatable bonds is 6. The molecule has 3 heteroatoms. The Morgan fingerprint density at radius 1 is 0.250 bits per heavy atom. The SMILES string of the molecule is c1ccc(-c2ccc(-c3cc(-c4cccc(-n5c6ccccc6c6ccccc65)c4)cc(-c4cccc(-n5c6ccccc6c6ccccc65)c4)n3)cc2)cc1. The predicted molar refractivity (Wildman–Crippen MR) is 235 cm³/mol. The maximum Gasteiger partial charge on any atom is 0.0716 e. The fourth-order valence-corrected chi connectivity index (χ4v) is 8.49. The van der Waals surface area contributed by atoms with Crippen LogP contribution in [0.3, 0.4) is 0 Å². The molecule has 0 bridgehead atoms. The third kappa shape index (κ3) is 5.32. The standard InChI is InChI=1S/C53H35N3/c1-2-14-36(15-3-1)37-28-30-38(31-29-37)48-34-41(39-16-12-18-42(32-39)55-50-24-8-4-20-44(50)45-21-5-9-25-51(45)55)35-49(54-48)40-17-13-19-43(33-40)56-52-26-10-6-22-46(52)47-23-7-11-27-53(47)56/h1-35H. The molecule has 0 saturated carbocycles. The summed E-state index contributed by atoms with van der Waals surface area (Å²) in [7, 11) is 0. The topological polar surface area (TPSA) is 22.8 Å². The van der Waals surface area contributed by atoms with Gasteiger partial charge in [-0.3, -0.25) is 0 Å². The average molecular weight is 714 g/mol. The Hall–Kier alpha value is -7.49. The molecule has 3 aromatic heterocycles. The molecule has 3 heterocycles. The molecule has 262 valence electrons. The highest BCUT2D eigenvalue weighted by molar-refractivity contribution is 6.10. The lowest BCUT2D eigenvalue weighted by Gasteiger charge is -2.14. The first-order chi connectivity index (χ1) is 27.8. The molecule has 0 aliphatic carbocycles. The first-order valence-corrected chi connectivity index (χ1v) is 19.1. The molecule has 11 rings (SSSR count). The highest BCUT2D eigenvalue weighted by atomic mass is 15.0.